The van der Waals surface area contributed by atoms with Gasteiger partial charge in [0.1, 0.15) is 5.82 Å². The molecule has 2 atom stereocenters. The van der Waals surface area contributed by atoms with Crippen LogP contribution in [0.3, 0.4) is 0 Å². The first-order chi connectivity index (χ1) is 10.6. The van der Waals surface area contributed by atoms with Gasteiger partial charge in [0.2, 0.25) is 0 Å². The van der Waals surface area contributed by atoms with E-state index in [1.54, 1.807) is 12.1 Å². The smallest absolute Gasteiger partial charge is 0.315 e. The summed E-state index contributed by atoms with van der Waals surface area (Å²) in [7, 11) is 0. The predicted octanol–water partition coefficient (Wildman–Crippen LogP) is 2.28. The van der Waals surface area contributed by atoms with Gasteiger partial charge in [-0.2, -0.15) is 0 Å². The van der Waals surface area contributed by atoms with Crippen LogP contribution in [0.2, 0.25) is 0 Å². The Labute approximate surface area is 128 Å². The summed E-state index contributed by atoms with van der Waals surface area (Å²) >= 11 is 0. The number of aliphatic hydroxyl groups excluding tert-OH is 1. The monoisotopic (exact) mass is 300 g/mol. The van der Waals surface area contributed by atoms with Crippen molar-refractivity contribution in [3.8, 4) is 0 Å². The van der Waals surface area contributed by atoms with Crippen molar-refractivity contribution < 1.29 is 14.3 Å². The largest absolute Gasteiger partial charge is 0.390 e. The Balaban J connectivity index is 1.60. The second kappa shape index (κ2) is 6.15. The molecule has 0 unspecified atom stereocenters. The Kier molecular flexibility index (Phi) is 4.06. The molecular weight excluding hydrogens is 283 g/mol. The van der Waals surface area contributed by atoms with E-state index < -0.39 is 12.1 Å². The van der Waals surface area contributed by atoms with Crippen molar-refractivity contribution in [3.05, 3.63) is 71.0 Å². The van der Waals surface area contributed by atoms with Crippen LogP contribution < -0.4 is 10.6 Å². The number of rotatable bonds is 3. The molecule has 0 heterocycles. The van der Waals surface area contributed by atoms with Gasteiger partial charge in [-0.05, 0) is 28.8 Å². The number of hydrogen-bond acceptors (Lipinski definition) is 2. The summed E-state index contributed by atoms with van der Waals surface area (Å²) in [5.41, 5.74) is 2.67. The Morgan fingerprint density at radius 2 is 2.05 bits per heavy atom. The van der Waals surface area contributed by atoms with Gasteiger partial charge in [-0.25, -0.2) is 9.18 Å². The third-order valence-electron chi connectivity index (χ3n) is 3.83. The molecule has 4 nitrogen and oxygen atoms in total. The maximum atomic E-state index is 13.1. The van der Waals surface area contributed by atoms with Crippen LogP contribution in [0.15, 0.2) is 48.5 Å². The quantitative estimate of drug-likeness (QED) is 0.814. The van der Waals surface area contributed by atoms with Gasteiger partial charge in [0, 0.05) is 13.0 Å². The maximum Gasteiger partial charge on any atom is 0.315 e. The van der Waals surface area contributed by atoms with Gasteiger partial charge >= 0.3 is 6.03 Å². The summed E-state index contributed by atoms with van der Waals surface area (Å²) in [6, 6.07) is 12.9. The summed E-state index contributed by atoms with van der Waals surface area (Å²) in [4.78, 5) is 12.0. The molecule has 114 valence electrons. The lowest BCUT2D eigenvalue weighted by Crippen LogP contribution is -2.40. The molecule has 5 heteroatoms. The topological polar surface area (TPSA) is 61.4 Å². The van der Waals surface area contributed by atoms with Gasteiger partial charge in [0.05, 0.1) is 12.1 Å². The van der Waals surface area contributed by atoms with Crippen molar-refractivity contribution in [2.24, 2.45) is 0 Å². The first-order valence-electron chi connectivity index (χ1n) is 7.18. The minimum atomic E-state index is -0.627. The summed E-state index contributed by atoms with van der Waals surface area (Å²) < 4.78 is 13.1. The number of hydrogen-bond donors (Lipinski definition) is 3. The number of nitrogens with one attached hydrogen (secondary N) is 2. The van der Waals surface area contributed by atoms with E-state index in [9.17, 15) is 14.3 Å². The van der Waals surface area contributed by atoms with Gasteiger partial charge < -0.3 is 15.7 Å². The van der Waals surface area contributed by atoms with Crippen LogP contribution in [0.4, 0.5) is 9.18 Å². The molecule has 0 saturated heterocycles. The number of halogens is 1. The standard InChI is InChI=1S/C17H17FN2O2/c18-13-6-3-4-11(8-13)10-19-17(22)20-16-14-7-2-1-5-12(14)9-15(16)21/h1-8,15-16,21H,9-10H2,(H2,19,20,22)/t15-,16+/m0/s1. The summed E-state index contributed by atoms with van der Waals surface area (Å²) in [6.45, 7) is 0.230. The third-order valence-corrected chi connectivity index (χ3v) is 3.83. The van der Waals surface area contributed by atoms with Gasteiger partial charge in [-0.3, -0.25) is 0 Å². The molecule has 0 aromatic heterocycles. The number of carbonyl (C=O) groups is 1. The molecule has 3 rings (SSSR count). The zero-order chi connectivity index (χ0) is 15.5. The highest BCUT2D eigenvalue weighted by atomic mass is 19.1. The van der Waals surface area contributed by atoms with Gasteiger partial charge in [0.25, 0.3) is 0 Å². The first kappa shape index (κ1) is 14.5. The fourth-order valence-corrected chi connectivity index (χ4v) is 2.77. The second-order valence-corrected chi connectivity index (χ2v) is 5.40. The van der Waals surface area contributed by atoms with E-state index in [4.69, 9.17) is 0 Å². The van der Waals surface area contributed by atoms with Crippen molar-refractivity contribution in [1.29, 1.82) is 0 Å². The highest BCUT2D eigenvalue weighted by Crippen LogP contribution is 2.30. The molecule has 0 radical (unpaired) electrons. The molecule has 0 spiro atoms. The number of benzene rings is 2. The lowest BCUT2D eigenvalue weighted by Gasteiger charge is -2.18. The lowest BCUT2D eigenvalue weighted by atomic mass is 10.1. The Morgan fingerprint density at radius 1 is 1.23 bits per heavy atom. The molecule has 0 bridgehead atoms. The molecule has 22 heavy (non-hydrogen) atoms. The molecule has 2 amide bonds. The zero-order valence-corrected chi connectivity index (χ0v) is 11.9. The molecule has 1 aliphatic carbocycles. The fourth-order valence-electron chi connectivity index (χ4n) is 2.77. The minimum absolute atomic E-state index is 0.230. The zero-order valence-electron chi connectivity index (χ0n) is 11.9. The normalized spacial score (nSPS) is 19.5. The van der Waals surface area contributed by atoms with E-state index >= 15 is 0 Å². The molecule has 0 saturated carbocycles. The fraction of sp³-hybridized carbons (Fsp3) is 0.235. The van der Waals surface area contributed by atoms with Crippen molar-refractivity contribution in [2.45, 2.75) is 25.1 Å². The predicted molar refractivity (Wildman–Crippen MR) is 80.7 cm³/mol. The van der Waals surface area contributed by atoms with E-state index in [-0.39, 0.29) is 18.4 Å². The van der Waals surface area contributed by atoms with Crippen LogP contribution >= 0.6 is 0 Å². The van der Waals surface area contributed by atoms with Gasteiger partial charge in [-0.15, -0.1) is 0 Å². The van der Waals surface area contributed by atoms with Crippen LogP contribution in [0, 0.1) is 5.82 Å². The van der Waals surface area contributed by atoms with E-state index in [0.29, 0.717) is 12.0 Å². The molecule has 3 N–H and O–H groups in total. The number of amides is 2. The number of fused-ring (bicyclic) bond motifs is 1. The van der Waals surface area contributed by atoms with Crippen molar-refractivity contribution >= 4 is 6.03 Å². The van der Waals surface area contributed by atoms with Crippen LogP contribution in [-0.2, 0) is 13.0 Å². The Bertz CT molecular complexity index is 690. The molecule has 0 aliphatic heterocycles. The summed E-state index contributed by atoms with van der Waals surface area (Å²) in [5.74, 6) is -0.333. The summed E-state index contributed by atoms with van der Waals surface area (Å²) in [5, 5.41) is 15.5. The molecule has 0 fully saturated rings. The van der Waals surface area contributed by atoms with Crippen LogP contribution in [0.1, 0.15) is 22.7 Å². The Hall–Kier alpha value is -2.40. The molecule has 2 aromatic rings. The number of carbonyl (C=O) groups excluding carboxylic acids is 1. The minimum Gasteiger partial charge on any atom is -0.390 e. The second-order valence-electron chi connectivity index (χ2n) is 5.40. The van der Waals surface area contributed by atoms with Gasteiger partial charge in [0.15, 0.2) is 0 Å². The van der Waals surface area contributed by atoms with Crippen molar-refractivity contribution in [1.82, 2.24) is 10.6 Å². The maximum absolute atomic E-state index is 13.1. The van der Waals surface area contributed by atoms with E-state index in [1.807, 2.05) is 24.3 Å². The van der Waals surface area contributed by atoms with E-state index in [0.717, 1.165) is 11.1 Å². The van der Waals surface area contributed by atoms with E-state index in [1.165, 1.54) is 12.1 Å². The molecule has 2 aromatic carbocycles. The van der Waals surface area contributed by atoms with Crippen molar-refractivity contribution in [3.63, 3.8) is 0 Å². The Morgan fingerprint density at radius 3 is 2.86 bits per heavy atom. The highest BCUT2D eigenvalue weighted by molar-refractivity contribution is 5.74. The van der Waals surface area contributed by atoms with Crippen molar-refractivity contribution in [2.75, 3.05) is 0 Å². The number of urea groups is 1. The molecular formula is C17H17FN2O2. The summed E-state index contributed by atoms with van der Waals surface area (Å²) in [6.07, 6.45) is -0.0947. The molecule has 1 aliphatic rings. The van der Waals surface area contributed by atoms with Crippen LogP contribution in [-0.4, -0.2) is 17.2 Å². The average Bonchev–Trinajstić information content (AvgIpc) is 2.81. The van der Waals surface area contributed by atoms with Crippen LogP contribution in [0.25, 0.3) is 0 Å². The van der Waals surface area contributed by atoms with Crippen LogP contribution in [0.5, 0.6) is 0 Å². The van der Waals surface area contributed by atoms with Gasteiger partial charge in [-0.1, -0.05) is 36.4 Å². The van der Waals surface area contributed by atoms with E-state index in [2.05, 4.69) is 10.6 Å². The first-order valence-corrected chi connectivity index (χ1v) is 7.18. The average molecular weight is 300 g/mol. The lowest BCUT2D eigenvalue weighted by molar-refractivity contribution is 0.142. The number of aliphatic hydroxyl groups is 1. The SMILES string of the molecule is O=C(NCc1cccc(F)c1)N[C@@H]1c2ccccc2C[C@@H]1O. The highest BCUT2D eigenvalue weighted by Gasteiger charge is 2.31. The third kappa shape index (κ3) is 3.09.